The average Bonchev–Trinajstić information content (AvgIpc) is 3.88. The summed E-state index contributed by atoms with van der Waals surface area (Å²) in [6.07, 6.45) is 36.4. The number of benzene rings is 2. The Hall–Kier alpha value is -0.660. The van der Waals surface area contributed by atoms with E-state index in [0.29, 0.717) is 33.5 Å². The molecule has 0 spiro atoms. The van der Waals surface area contributed by atoms with Gasteiger partial charge in [-0.25, -0.2) is 0 Å². The predicted molar refractivity (Wildman–Crippen MR) is 318 cm³/mol. The molecule has 392 valence electrons. The van der Waals surface area contributed by atoms with Crippen LogP contribution >= 0.6 is 45.2 Å². The molecule has 6 fully saturated rings. The molecule has 10 rings (SSSR count). The lowest BCUT2D eigenvalue weighted by atomic mass is 9.46. The van der Waals surface area contributed by atoms with Gasteiger partial charge in [-0.3, -0.25) is 0 Å². The first-order valence-electron chi connectivity index (χ1n) is 30.5. The van der Waals surface area contributed by atoms with E-state index in [-0.39, 0.29) is 12.2 Å². The Morgan fingerprint density at radius 1 is 0.507 bits per heavy atom. The van der Waals surface area contributed by atoms with Crippen LogP contribution in [0.2, 0.25) is 0 Å². The van der Waals surface area contributed by atoms with Crippen molar-refractivity contribution in [2.45, 2.75) is 223 Å². The summed E-state index contributed by atoms with van der Waals surface area (Å²) < 4.78 is 10.8. The van der Waals surface area contributed by atoms with Crippen LogP contribution in [-0.4, -0.2) is 0 Å². The molecular formula is C68H100I2O. The highest BCUT2D eigenvalue weighted by Crippen LogP contribution is 2.70. The highest BCUT2D eigenvalue weighted by molar-refractivity contribution is 14.1. The van der Waals surface area contributed by atoms with Gasteiger partial charge in [0.25, 0.3) is 0 Å². The number of ether oxygens (including phenoxy) is 1. The molecule has 8 aliphatic carbocycles. The zero-order valence-corrected chi connectivity index (χ0v) is 51.0. The van der Waals surface area contributed by atoms with Gasteiger partial charge < -0.3 is 4.74 Å². The molecule has 0 N–H and O–H groups in total. The summed E-state index contributed by atoms with van der Waals surface area (Å²) in [6, 6.07) is 19.0. The second-order valence-corrected chi connectivity index (χ2v) is 31.2. The van der Waals surface area contributed by atoms with Crippen LogP contribution in [0.4, 0.5) is 0 Å². The van der Waals surface area contributed by atoms with Crippen molar-refractivity contribution in [3.05, 3.63) is 90.1 Å². The highest BCUT2D eigenvalue weighted by atomic mass is 127. The van der Waals surface area contributed by atoms with Crippen LogP contribution in [0.3, 0.4) is 0 Å². The Labute approximate surface area is 463 Å². The van der Waals surface area contributed by atoms with Crippen molar-refractivity contribution in [1.82, 2.24) is 0 Å². The second-order valence-electron chi connectivity index (χ2n) is 28.7. The van der Waals surface area contributed by atoms with Gasteiger partial charge in [-0.1, -0.05) is 155 Å². The summed E-state index contributed by atoms with van der Waals surface area (Å²) >= 11 is 5.13. The van der Waals surface area contributed by atoms with Crippen LogP contribution in [-0.2, 0) is 4.74 Å². The maximum atomic E-state index is 8.08. The van der Waals surface area contributed by atoms with E-state index in [1.807, 2.05) is 11.1 Å². The quantitative estimate of drug-likeness (QED) is 0.120. The molecule has 0 aromatic heterocycles. The van der Waals surface area contributed by atoms with Crippen molar-refractivity contribution >= 4 is 45.2 Å². The van der Waals surface area contributed by atoms with Crippen molar-refractivity contribution in [2.75, 3.05) is 0 Å². The lowest BCUT2D eigenvalue weighted by Gasteiger charge is -2.59. The lowest BCUT2D eigenvalue weighted by molar-refractivity contribution is -0.103. The normalized spacial score (nSPS) is 40.3. The van der Waals surface area contributed by atoms with Crippen LogP contribution in [0.1, 0.15) is 234 Å². The summed E-state index contributed by atoms with van der Waals surface area (Å²) in [5.41, 5.74) is 8.22. The Kier molecular flexibility index (Phi) is 16.4. The van der Waals surface area contributed by atoms with E-state index < -0.39 is 0 Å². The molecule has 1 nitrogen and oxygen atoms in total. The molecular weight excluding hydrogens is 1090 g/mol. The first-order chi connectivity index (χ1) is 33.9. The van der Waals surface area contributed by atoms with Gasteiger partial charge in [0.2, 0.25) is 0 Å². The minimum atomic E-state index is 0.0929. The molecule has 3 heteroatoms. The van der Waals surface area contributed by atoms with E-state index in [1.165, 1.54) is 160 Å². The van der Waals surface area contributed by atoms with Gasteiger partial charge >= 0.3 is 0 Å². The third-order valence-electron chi connectivity index (χ3n) is 24.2. The monoisotopic (exact) mass is 1190 g/mol. The number of fused-ring (bicyclic) bond motifs is 10. The molecule has 0 heterocycles. The number of hydrogen-bond donors (Lipinski definition) is 0. The molecule has 0 radical (unpaired) electrons. The van der Waals surface area contributed by atoms with E-state index in [4.69, 9.17) is 4.74 Å². The number of allylic oxidation sites excluding steroid dienone is 4. The van der Waals surface area contributed by atoms with Crippen molar-refractivity contribution in [3.63, 3.8) is 0 Å². The minimum absolute atomic E-state index is 0.0929. The standard InChI is InChI=1S/C68H100I2O/c1-43(2)15-11-17-45(5)57-27-29-59-55-25-23-51-39-49(31-35-65(51,7)61(55)33-37-67(57,59)9)63(47-19-13-21-53(69)41-47)71-64(48-20-14-22-54(70)42-48)50-32-36-66(8)52(40-50)24-26-56-60-30-28-58(46(6)18-12-16-44(3)4)68(60,10)38-34-62(56)66/h13-14,19-24,41-46,49-50,55-64H,11-12,15-18,25-40H2,1-10H3/t45-,46-,49?,50?,55?,56?,57-,58-,59?,60?,61?,62?,63?,64?,65+,66+,67-,68-/m1/s1. The fourth-order valence-electron chi connectivity index (χ4n) is 20.4. The third kappa shape index (κ3) is 10.2. The molecule has 0 aliphatic heterocycles. The number of hydrogen-bond acceptors (Lipinski definition) is 1. The van der Waals surface area contributed by atoms with Gasteiger partial charge in [0.1, 0.15) is 0 Å². The van der Waals surface area contributed by atoms with Crippen molar-refractivity contribution in [2.24, 2.45) is 105 Å². The molecule has 2 aromatic rings. The van der Waals surface area contributed by atoms with E-state index in [1.54, 1.807) is 0 Å². The molecule has 18 atom stereocenters. The second kappa shape index (κ2) is 21.6. The molecule has 6 saturated carbocycles. The van der Waals surface area contributed by atoms with Crippen LogP contribution in [0.25, 0.3) is 0 Å². The van der Waals surface area contributed by atoms with Gasteiger partial charge in [-0.05, 0) is 288 Å². The van der Waals surface area contributed by atoms with Crippen LogP contribution in [0, 0.1) is 112 Å². The van der Waals surface area contributed by atoms with Crippen LogP contribution in [0.5, 0.6) is 0 Å². The van der Waals surface area contributed by atoms with Gasteiger partial charge in [0.05, 0.1) is 12.2 Å². The Morgan fingerprint density at radius 3 is 1.32 bits per heavy atom. The van der Waals surface area contributed by atoms with Gasteiger partial charge in [0.15, 0.2) is 0 Å². The molecule has 8 aliphatic rings. The SMILES string of the molecule is CC(C)CCC[C@@H](C)[C@H]1CCC2C3CC=C4CC(C(OC(c5cccc(I)c5)C5CC[C@@]6(C)C(=CCC7C6CC[C@@]6(C)C7CC[C@@H]6[C@H](C)CCCC(C)C)C5)c5cccc(I)c5)CC[C@]4(C)C3CC[C@@]21C. The molecule has 0 amide bonds. The maximum absolute atomic E-state index is 8.08. The molecule has 2 aromatic carbocycles. The molecule has 0 bridgehead atoms. The highest BCUT2D eigenvalue weighted by Gasteiger charge is 2.61. The number of rotatable bonds is 16. The zero-order chi connectivity index (χ0) is 50.0. The zero-order valence-electron chi connectivity index (χ0n) is 46.7. The summed E-state index contributed by atoms with van der Waals surface area (Å²) in [5.74, 6) is 11.5. The Balaban J connectivity index is 0.881. The van der Waals surface area contributed by atoms with Gasteiger partial charge in [-0.2, -0.15) is 0 Å². The van der Waals surface area contributed by atoms with Gasteiger partial charge in [-0.15, -0.1) is 0 Å². The average molecular weight is 1190 g/mol. The molecule has 10 unspecified atom stereocenters. The fraction of sp³-hybridized carbons (Fsp3) is 0.765. The summed E-state index contributed by atoms with van der Waals surface area (Å²) in [6.45, 7) is 26.0. The third-order valence-corrected chi connectivity index (χ3v) is 25.5. The van der Waals surface area contributed by atoms with Crippen molar-refractivity contribution < 1.29 is 4.74 Å². The molecule has 0 saturated heterocycles. The van der Waals surface area contributed by atoms with E-state index in [9.17, 15) is 0 Å². The number of halogens is 2. The van der Waals surface area contributed by atoms with E-state index >= 15 is 0 Å². The predicted octanol–water partition coefficient (Wildman–Crippen LogP) is 21.0. The first kappa shape index (κ1) is 53.7. The maximum Gasteiger partial charge on any atom is 0.0865 e. The van der Waals surface area contributed by atoms with Crippen LogP contribution < -0.4 is 0 Å². The Morgan fingerprint density at radius 2 is 0.930 bits per heavy atom. The van der Waals surface area contributed by atoms with Crippen LogP contribution in [0.15, 0.2) is 71.8 Å². The minimum Gasteiger partial charge on any atom is -0.365 e. The molecule has 71 heavy (non-hydrogen) atoms. The Bertz CT molecular complexity index is 2070. The summed E-state index contributed by atoms with van der Waals surface area (Å²) in [4.78, 5) is 0. The van der Waals surface area contributed by atoms with Crippen molar-refractivity contribution in [3.8, 4) is 0 Å². The fourth-order valence-corrected chi connectivity index (χ4v) is 21.5. The van der Waals surface area contributed by atoms with E-state index in [0.717, 1.165) is 71.0 Å². The lowest BCUT2D eigenvalue weighted by Crippen LogP contribution is -2.51. The first-order valence-corrected chi connectivity index (χ1v) is 32.6. The largest absolute Gasteiger partial charge is 0.365 e. The smallest absolute Gasteiger partial charge is 0.0865 e. The summed E-state index contributed by atoms with van der Waals surface area (Å²) in [5, 5.41) is 0. The van der Waals surface area contributed by atoms with E-state index in [2.05, 4.69) is 175 Å². The van der Waals surface area contributed by atoms with Crippen molar-refractivity contribution in [1.29, 1.82) is 0 Å². The summed E-state index contributed by atoms with van der Waals surface area (Å²) in [7, 11) is 0. The topological polar surface area (TPSA) is 9.23 Å². The van der Waals surface area contributed by atoms with Gasteiger partial charge in [0, 0.05) is 7.14 Å².